The van der Waals surface area contributed by atoms with Crippen molar-refractivity contribution in [2.24, 2.45) is 11.7 Å². The molecule has 0 fully saturated rings. The van der Waals surface area contributed by atoms with Gasteiger partial charge in [0.05, 0.1) is 5.92 Å². The highest BCUT2D eigenvalue weighted by Crippen LogP contribution is 2.16. The van der Waals surface area contributed by atoms with E-state index in [1.165, 1.54) is 70.6 Å². The van der Waals surface area contributed by atoms with Crippen molar-refractivity contribution in [2.75, 3.05) is 5.75 Å². The number of nitrogens with two attached hydrogens (primary N) is 1. The molecule has 27 heavy (non-hydrogen) atoms. The van der Waals surface area contributed by atoms with Gasteiger partial charge in [-0.3, -0.25) is 9.59 Å². The van der Waals surface area contributed by atoms with Gasteiger partial charge in [-0.1, -0.05) is 90.9 Å². The molecule has 6 heteroatoms. The number of rotatable bonds is 17. The molecule has 4 N–H and O–H groups in total. The lowest BCUT2D eigenvalue weighted by Crippen LogP contribution is -2.31. The summed E-state index contributed by atoms with van der Waals surface area (Å²) < 4.78 is 0. The zero-order valence-electron chi connectivity index (χ0n) is 17.5. The van der Waals surface area contributed by atoms with Crippen LogP contribution in [0.4, 0.5) is 0 Å². The Morgan fingerprint density at radius 1 is 0.778 bits per heavy atom. The van der Waals surface area contributed by atoms with Crippen LogP contribution in [0.5, 0.6) is 0 Å². The molecule has 5 nitrogen and oxygen atoms in total. The fourth-order valence-electron chi connectivity index (χ4n) is 2.81. The lowest BCUT2D eigenvalue weighted by molar-refractivity contribution is -0.142. The van der Waals surface area contributed by atoms with E-state index in [1.54, 1.807) is 0 Å². The summed E-state index contributed by atoms with van der Waals surface area (Å²) >= 11 is 3.65. The van der Waals surface area contributed by atoms with Crippen molar-refractivity contribution in [3.63, 3.8) is 0 Å². The first-order valence-corrected chi connectivity index (χ1v) is 11.4. The van der Waals surface area contributed by atoms with E-state index in [2.05, 4.69) is 19.6 Å². The minimum Gasteiger partial charge on any atom is -0.481 e. The molecule has 0 spiro atoms. The first kappa shape index (κ1) is 28.5. The van der Waals surface area contributed by atoms with E-state index >= 15 is 0 Å². The molecule has 0 bridgehead atoms. The van der Waals surface area contributed by atoms with E-state index in [0.29, 0.717) is 0 Å². The fraction of sp³-hybridized carbons (Fsp3) is 0.905. The first-order chi connectivity index (χ1) is 12.9. The number of hydrogen-bond acceptors (Lipinski definition) is 4. The lowest BCUT2D eigenvalue weighted by atomic mass is 9.98. The molecule has 2 atom stereocenters. The molecule has 0 saturated carbocycles. The summed E-state index contributed by atoms with van der Waals surface area (Å²) in [7, 11) is 0. The number of carboxylic acid groups (broad SMARTS) is 2. The van der Waals surface area contributed by atoms with Crippen LogP contribution in [0.3, 0.4) is 0 Å². The quantitative estimate of drug-likeness (QED) is 0.189. The average molecular weight is 406 g/mol. The van der Waals surface area contributed by atoms with Crippen molar-refractivity contribution in [2.45, 2.75) is 110 Å². The largest absolute Gasteiger partial charge is 0.481 e. The summed E-state index contributed by atoms with van der Waals surface area (Å²) in [4.78, 5) is 20.6. The van der Waals surface area contributed by atoms with Gasteiger partial charge in [0, 0.05) is 5.75 Å². The Kier molecular flexibility index (Phi) is 22.7. The van der Waals surface area contributed by atoms with Gasteiger partial charge in [0.25, 0.3) is 0 Å². The van der Waals surface area contributed by atoms with Gasteiger partial charge in [0.15, 0.2) is 0 Å². The van der Waals surface area contributed by atoms with Crippen LogP contribution >= 0.6 is 12.6 Å². The Morgan fingerprint density at radius 2 is 1.19 bits per heavy atom. The number of hydrogen-bond donors (Lipinski definition) is 4. The zero-order chi connectivity index (χ0) is 20.9. The van der Waals surface area contributed by atoms with E-state index < -0.39 is 18.0 Å². The second kappa shape index (κ2) is 21.5. The third kappa shape index (κ3) is 21.4. The standard InChI is InChI=1S/C18H36O2.C3H7NO2S/c1-3-5-6-7-8-9-10-11-12-13-14-15-16-17(4-2)18(19)20;4-2(1-7)3(5)6/h17H,3-16H2,1-2H3,(H,19,20);2,7H,1,4H2,(H,5,6)/t17-;/m0./s1. The molecular weight excluding hydrogens is 362 g/mol. The van der Waals surface area contributed by atoms with Crippen LogP contribution in [0.15, 0.2) is 0 Å². The van der Waals surface area contributed by atoms with Gasteiger partial charge in [-0.15, -0.1) is 0 Å². The molecule has 162 valence electrons. The molecule has 1 unspecified atom stereocenters. The van der Waals surface area contributed by atoms with E-state index in [4.69, 9.17) is 15.9 Å². The second-order valence-corrected chi connectivity index (χ2v) is 7.61. The molecule has 0 aromatic rings. The van der Waals surface area contributed by atoms with Crippen molar-refractivity contribution < 1.29 is 19.8 Å². The Hall–Kier alpha value is -0.750. The van der Waals surface area contributed by atoms with Gasteiger partial charge >= 0.3 is 11.9 Å². The third-order valence-corrected chi connectivity index (χ3v) is 5.16. The Morgan fingerprint density at radius 3 is 1.44 bits per heavy atom. The Labute approximate surface area is 171 Å². The van der Waals surface area contributed by atoms with Crippen molar-refractivity contribution >= 4 is 24.6 Å². The van der Waals surface area contributed by atoms with Crippen molar-refractivity contribution in [3.05, 3.63) is 0 Å². The maximum atomic E-state index is 10.9. The monoisotopic (exact) mass is 405 g/mol. The van der Waals surface area contributed by atoms with E-state index in [1.807, 2.05) is 6.92 Å². The summed E-state index contributed by atoms with van der Waals surface area (Å²) in [6, 6.07) is -0.816. The van der Waals surface area contributed by atoms with Crippen molar-refractivity contribution in [3.8, 4) is 0 Å². The second-order valence-electron chi connectivity index (χ2n) is 7.25. The van der Waals surface area contributed by atoms with Gasteiger partial charge in [0.1, 0.15) is 6.04 Å². The lowest BCUT2D eigenvalue weighted by Gasteiger charge is -2.08. The zero-order valence-corrected chi connectivity index (χ0v) is 18.4. The highest BCUT2D eigenvalue weighted by molar-refractivity contribution is 7.80. The van der Waals surface area contributed by atoms with Crippen LogP contribution in [0.25, 0.3) is 0 Å². The van der Waals surface area contributed by atoms with Gasteiger partial charge < -0.3 is 15.9 Å². The minimum atomic E-state index is -1.00. The fourth-order valence-corrected chi connectivity index (χ4v) is 2.97. The number of carbonyl (C=O) groups is 2. The summed E-state index contributed by atoms with van der Waals surface area (Å²) in [5.41, 5.74) is 4.94. The van der Waals surface area contributed by atoms with Gasteiger partial charge in [-0.2, -0.15) is 12.6 Å². The number of aliphatic carboxylic acids is 2. The maximum absolute atomic E-state index is 10.9. The van der Waals surface area contributed by atoms with Gasteiger partial charge in [-0.25, -0.2) is 0 Å². The van der Waals surface area contributed by atoms with E-state index in [-0.39, 0.29) is 11.7 Å². The normalized spacial score (nSPS) is 12.7. The molecule has 0 aliphatic heterocycles. The first-order valence-electron chi connectivity index (χ1n) is 10.7. The van der Waals surface area contributed by atoms with Crippen molar-refractivity contribution in [1.29, 1.82) is 0 Å². The van der Waals surface area contributed by atoms with Crippen LogP contribution in [-0.4, -0.2) is 33.9 Å². The molecule has 0 aliphatic carbocycles. The number of unbranched alkanes of at least 4 members (excludes halogenated alkanes) is 11. The molecule has 0 aromatic heterocycles. The molecule has 0 rings (SSSR count). The number of thiol groups is 1. The molecular formula is C21H43NO4S. The van der Waals surface area contributed by atoms with E-state index in [9.17, 15) is 9.59 Å². The topological polar surface area (TPSA) is 101 Å². The van der Waals surface area contributed by atoms with Crippen LogP contribution in [0, 0.1) is 5.92 Å². The van der Waals surface area contributed by atoms with E-state index in [0.717, 1.165) is 19.3 Å². The van der Waals surface area contributed by atoms with Crippen LogP contribution < -0.4 is 5.73 Å². The molecule has 0 aliphatic rings. The molecule has 0 radical (unpaired) electrons. The number of carboxylic acids is 2. The van der Waals surface area contributed by atoms with Crippen LogP contribution in [0.2, 0.25) is 0 Å². The highest BCUT2D eigenvalue weighted by Gasteiger charge is 2.13. The molecule has 0 saturated heterocycles. The Bertz CT molecular complexity index is 353. The summed E-state index contributed by atoms with van der Waals surface area (Å²) in [5, 5.41) is 17.0. The smallest absolute Gasteiger partial charge is 0.321 e. The highest BCUT2D eigenvalue weighted by atomic mass is 32.1. The average Bonchev–Trinajstić information content (AvgIpc) is 2.65. The summed E-state index contributed by atoms with van der Waals surface area (Å²) in [6.07, 6.45) is 17.7. The third-order valence-electron chi connectivity index (χ3n) is 4.76. The van der Waals surface area contributed by atoms with Crippen LogP contribution in [-0.2, 0) is 9.59 Å². The predicted molar refractivity (Wildman–Crippen MR) is 117 cm³/mol. The summed E-state index contributed by atoms with van der Waals surface area (Å²) in [6.45, 7) is 4.23. The molecule has 0 heterocycles. The molecule has 0 aromatic carbocycles. The van der Waals surface area contributed by atoms with Gasteiger partial charge in [-0.05, 0) is 12.8 Å². The predicted octanol–water partition coefficient (Wildman–Crippen LogP) is 5.52. The minimum absolute atomic E-state index is 0.113. The van der Waals surface area contributed by atoms with Crippen molar-refractivity contribution in [1.82, 2.24) is 0 Å². The molecule has 0 amide bonds. The Balaban J connectivity index is 0. The summed E-state index contributed by atoms with van der Waals surface area (Å²) in [5.74, 6) is -1.54. The van der Waals surface area contributed by atoms with Gasteiger partial charge in [0.2, 0.25) is 0 Å². The van der Waals surface area contributed by atoms with Crippen LogP contribution in [0.1, 0.15) is 104 Å². The SMILES string of the molecule is CCCCCCCCCCCCCC[C@H](CC)C(=O)O.NC(CS)C(=O)O. The maximum Gasteiger partial charge on any atom is 0.321 e.